The van der Waals surface area contributed by atoms with Crippen LogP contribution in [0.3, 0.4) is 0 Å². The average molecular weight is 658 g/mol. The van der Waals surface area contributed by atoms with E-state index in [0.29, 0.717) is 17.5 Å². The number of thiophene rings is 1. The molecule has 9 aromatic rings. The number of benzene rings is 7. The highest BCUT2D eigenvalue weighted by Gasteiger charge is 2.16. The Kier molecular flexibility index (Phi) is 7.57. The van der Waals surface area contributed by atoms with Crippen molar-refractivity contribution in [2.24, 2.45) is 0 Å². The maximum atomic E-state index is 5.07. The number of fused-ring (bicyclic) bond motifs is 3. The van der Waals surface area contributed by atoms with Crippen LogP contribution in [0.2, 0.25) is 0 Å². The third-order valence-electron chi connectivity index (χ3n) is 9.20. The molecule has 50 heavy (non-hydrogen) atoms. The van der Waals surface area contributed by atoms with E-state index in [-0.39, 0.29) is 0 Å². The first-order valence-electron chi connectivity index (χ1n) is 16.8. The molecule has 0 aliphatic carbocycles. The van der Waals surface area contributed by atoms with Crippen LogP contribution >= 0.6 is 11.3 Å². The van der Waals surface area contributed by atoms with Crippen LogP contribution in [-0.4, -0.2) is 15.0 Å². The van der Waals surface area contributed by atoms with Crippen molar-refractivity contribution in [2.45, 2.75) is 6.92 Å². The van der Waals surface area contributed by atoms with E-state index in [4.69, 9.17) is 15.0 Å². The van der Waals surface area contributed by atoms with Gasteiger partial charge in [0.05, 0.1) is 0 Å². The van der Waals surface area contributed by atoms with Gasteiger partial charge >= 0.3 is 0 Å². The van der Waals surface area contributed by atoms with Gasteiger partial charge in [-0.2, -0.15) is 0 Å². The van der Waals surface area contributed by atoms with Crippen LogP contribution in [0, 0.1) is 6.92 Å². The van der Waals surface area contributed by atoms with Gasteiger partial charge < -0.3 is 0 Å². The van der Waals surface area contributed by atoms with Gasteiger partial charge in [0.1, 0.15) is 0 Å². The van der Waals surface area contributed by atoms with Crippen molar-refractivity contribution < 1.29 is 0 Å². The molecule has 0 radical (unpaired) electrons. The Labute approximate surface area is 295 Å². The molecule has 0 spiro atoms. The van der Waals surface area contributed by atoms with Crippen molar-refractivity contribution in [2.75, 3.05) is 0 Å². The zero-order chi connectivity index (χ0) is 33.4. The molecule has 0 saturated heterocycles. The number of aryl methyl sites for hydroxylation is 1. The number of rotatable bonds is 6. The molecular weight excluding hydrogens is 627 g/mol. The van der Waals surface area contributed by atoms with Crippen LogP contribution in [0.1, 0.15) is 5.56 Å². The summed E-state index contributed by atoms with van der Waals surface area (Å²) >= 11 is 1.86. The van der Waals surface area contributed by atoms with Gasteiger partial charge in [-0.1, -0.05) is 169 Å². The summed E-state index contributed by atoms with van der Waals surface area (Å²) in [5, 5.41) is 2.56. The quantitative estimate of drug-likeness (QED) is 0.179. The minimum absolute atomic E-state index is 0.647. The second-order valence-corrected chi connectivity index (χ2v) is 13.6. The molecule has 9 rings (SSSR count). The molecule has 0 saturated carbocycles. The number of nitrogens with zero attached hydrogens (tertiary/aromatic N) is 3. The third-order valence-corrected chi connectivity index (χ3v) is 10.5. The van der Waals surface area contributed by atoms with Gasteiger partial charge in [0.2, 0.25) is 0 Å². The maximum absolute atomic E-state index is 5.07. The van der Waals surface area contributed by atoms with E-state index >= 15 is 0 Å². The maximum Gasteiger partial charge on any atom is 0.164 e. The molecule has 4 heteroatoms. The SMILES string of the molecule is Cc1cccc(-c2ccc(-c3nc(-c4ccccc4)nc(-c4cccc(-c5cccc6c5sc5c(-c7ccccc7)cccc56)c4)n3)cc2)c1. The largest absolute Gasteiger partial charge is 0.208 e. The summed E-state index contributed by atoms with van der Waals surface area (Å²) in [7, 11) is 0. The van der Waals surface area contributed by atoms with Crippen LogP contribution in [0.4, 0.5) is 0 Å². The fraction of sp³-hybridized carbons (Fsp3) is 0.0217. The normalized spacial score (nSPS) is 11.3. The molecule has 0 N–H and O–H groups in total. The van der Waals surface area contributed by atoms with E-state index in [1.807, 2.05) is 41.7 Å². The Morgan fingerprint density at radius 3 is 1.44 bits per heavy atom. The summed E-state index contributed by atoms with van der Waals surface area (Å²) in [6.45, 7) is 2.12. The molecule has 2 aromatic heterocycles. The van der Waals surface area contributed by atoms with Crippen molar-refractivity contribution in [1.29, 1.82) is 0 Å². The van der Waals surface area contributed by atoms with Gasteiger partial charge in [0.15, 0.2) is 17.5 Å². The first-order chi connectivity index (χ1) is 24.7. The van der Waals surface area contributed by atoms with Crippen LogP contribution < -0.4 is 0 Å². The summed E-state index contributed by atoms with van der Waals surface area (Å²) in [6.07, 6.45) is 0. The molecule has 3 nitrogen and oxygen atoms in total. The van der Waals surface area contributed by atoms with Gasteiger partial charge in [0, 0.05) is 36.9 Å². The zero-order valence-corrected chi connectivity index (χ0v) is 28.2. The lowest BCUT2D eigenvalue weighted by atomic mass is 9.99. The predicted octanol–water partition coefficient (Wildman–Crippen LogP) is 12.5. The summed E-state index contributed by atoms with van der Waals surface area (Å²) in [4.78, 5) is 15.1. The van der Waals surface area contributed by atoms with Crippen molar-refractivity contribution in [3.63, 3.8) is 0 Å². The van der Waals surface area contributed by atoms with Gasteiger partial charge in [-0.3, -0.25) is 0 Å². The Morgan fingerprint density at radius 1 is 0.340 bits per heavy atom. The molecule has 7 aromatic carbocycles. The molecule has 0 atom stereocenters. The molecular formula is C46H31N3S. The van der Waals surface area contributed by atoms with Gasteiger partial charge in [-0.25, -0.2) is 15.0 Å². The Morgan fingerprint density at radius 2 is 0.800 bits per heavy atom. The van der Waals surface area contributed by atoms with E-state index in [9.17, 15) is 0 Å². The van der Waals surface area contributed by atoms with E-state index in [0.717, 1.165) is 27.8 Å². The molecule has 0 aliphatic rings. The molecule has 2 heterocycles. The third kappa shape index (κ3) is 5.56. The highest BCUT2D eigenvalue weighted by atomic mass is 32.1. The standard InChI is InChI=1S/C46H31N3S/c1-30-12-8-17-35(28-30)31-24-26-34(27-25-31)45-47-44(33-15-6-3-7-16-33)48-46(49-45)37-19-9-18-36(29-37)39-21-11-23-41-40-22-10-20-38(42(40)50-43(39)41)32-13-4-2-5-14-32/h2-29H,1H3. The Bertz CT molecular complexity index is 2640. The predicted molar refractivity (Wildman–Crippen MR) is 210 cm³/mol. The summed E-state index contributed by atoms with van der Waals surface area (Å²) < 4.78 is 2.58. The van der Waals surface area contributed by atoms with Crippen molar-refractivity contribution in [1.82, 2.24) is 15.0 Å². The van der Waals surface area contributed by atoms with E-state index in [1.165, 1.54) is 48.0 Å². The first kappa shape index (κ1) is 29.9. The topological polar surface area (TPSA) is 38.7 Å². The molecule has 236 valence electrons. The van der Waals surface area contributed by atoms with Crippen LogP contribution in [0.5, 0.6) is 0 Å². The monoisotopic (exact) mass is 657 g/mol. The van der Waals surface area contributed by atoms with Crippen LogP contribution in [-0.2, 0) is 0 Å². The van der Waals surface area contributed by atoms with E-state index < -0.39 is 0 Å². The molecule has 0 amide bonds. The summed E-state index contributed by atoms with van der Waals surface area (Å²) in [6, 6.07) is 59.7. The fourth-order valence-electron chi connectivity index (χ4n) is 6.71. The highest BCUT2D eigenvalue weighted by molar-refractivity contribution is 7.26. The minimum Gasteiger partial charge on any atom is -0.208 e. The number of aromatic nitrogens is 3. The Balaban J connectivity index is 1.15. The van der Waals surface area contributed by atoms with Gasteiger partial charge in [-0.05, 0) is 46.4 Å². The lowest BCUT2D eigenvalue weighted by molar-refractivity contribution is 1.07. The molecule has 0 fully saturated rings. The fourth-order valence-corrected chi connectivity index (χ4v) is 8.08. The average Bonchev–Trinajstić information content (AvgIpc) is 3.58. The molecule has 0 unspecified atom stereocenters. The highest BCUT2D eigenvalue weighted by Crippen LogP contribution is 2.44. The number of hydrogen-bond acceptors (Lipinski definition) is 4. The van der Waals surface area contributed by atoms with E-state index in [2.05, 4.69) is 146 Å². The second-order valence-electron chi connectivity index (χ2n) is 12.5. The van der Waals surface area contributed by atoms with Crippen molar-refractivity contribution in [3.8, 4) is 67.5 Å². The molecule has 0 aliphatic heterocycles. The first-order valence-corrected chi connectivity index (χ1v) is 17.6. The van der Waals surface area contributed by atoms with Crippen LogP contribution in [0.25, 0.3) is 87.7 Å². The van der Waals surface area contributed by atoms with Crippen molar-refractivity contribution in [3.05, 3.63) is 175 Å². The second kappa shape index (κ2) is 12.7. The summed E-state index contributed by atoms with van der Waals surface area (Å²) in [5.41, 5.74) is 11.3. The molecule has 0 bridgehead atoms. The van der Waals surface area contributed by atoms with Gasteiger partial charge in [0.25, 0.3) is 0 Å². The zero-order valence-electron chi connectivity index (χ0n) is 27.4. The van der Waals surface area contributed by atoms with E-state index in [1.54, 1.807) is 0 Å². The van der Waals surface area contributed by atoms with Gasteiger partial charge in [-0.15, -0.1) is 11.3 Å². The summed E-state index contributed by atoms with van der Waals surface area (Å²) in [5.74, 6) is 1.95. The smallest absolute Gasteiger partial charge is 0.164 e. The van der Waals surface area contributed by atoms with Crippen LogP contribution in [0.15, 0.2) is 170 Å². The lowest BCUT2D eigenvalue weighted by Crippen LogP contribution is -2.00. The lowest BCUT2D eigenvalue weighted by Gasteiger charge is -2.10. The number of hydrogen-bond donors (Lipinski definition) is 0. The van der Waals surface area contributed by atoms with Crippen molar-refractivity contribution >= 4 is 31.5 Å². The Hall–Kier alpha value is -6.23. The minimum atomic E-state index is 0.647.